The molecule has 152 valence electrons. The maximum Gasteiger partial charge on any atom is 0.305 e. The largest absolute Gasteiger partial charge is 0.469 e. The Morgan fingerprint density at radius 1 is 1.22 bits per heavy atom. The minimum atomic E-state index is -0.109. The Bertz CT molecular complexity index is 566. The standard InChI is InChI=1S/C21H33N3O2.HI/c1-22-21(23-14-9-4-3-8-12-20(25)26-2)24-15-13-19(17-24)16-18-10-6-5-7-11-18;/h5-7,10-11,19H,3-4,8-9,12-17H2,1-2H3,(H,22,23);1H. The lowest BCUT2D eigenvalue weighted by Gasteiger charge is -2.21. The minimum absolute atomic E-state index is 0. The number of hydrogen-bond acceptors (Lipinski definition) is 3. The van der Waals surface area contributed by atoms with Crippen LogP contribution in [-0.4, -0.2) is 50.6 Å². The predicted octanol–water partition coefficient (Wildman–Crippen LogP) is 3.87. The van der Waals surface area contributed by atoms with Crippen LogP contribution in [0.1, 0.15) is 44.1 Å². The van der Waals surface area contributed by atoms with Gasteiger partial charge in [-0.15, -0.1) is 24.0 Å². The monoisotopic (exact) mass is 487 g/mol. The van der Waals surface area contributed by atoms with E-state index in [0.29, 0.717) is 12.3 Å². The third kappa shape index (κ3) is 8.95. The molecule has 0 aromatic heterocycles. The lowest BCUT2D eigenvalue weighted by molar-refractivity contribution is -0.140. The van der Waals surface area contributed by atoms with Crippen LogP contribution in [0.15, 0.2) is 35.3 Å². The fourth-order valence-corrected chi connectivity index (χ4v) is 3.52. The van der Waals surface area contributed by atoms with Gasteiger partial charge in [-0.05, 0) is 37.2 Å². The molecule has 1 saturated heterocycles. The van der Waals surface area contributed by atoms with Crippen molar-refractivity contribution in [3.05, 3.63) is 35.9 Å². The number of aliphatic imine (C=N–C) groups is 1. The Hall–Kier alpha value is -1.31. The number of ether oxygens (including phenoxy) is 1. The third-order valence-electron chi connectivity index (χ3n) is 4.98. The number of unbranched alkanes of at least 4 members (excludes halogenated alkanes) is 3. The summed E-state index contributed by atoms with van der Waals surface area (Å²) in [6, 6.07) is 10.7. The van der Waals surface area contributed by atoms with Gasteiger partial charge in [0.05, 0.1) is 7.11 Å². The van der Waals surface area contributed by atoms with E-state index in [1.165, 1.54) is 19.1 Å². The van der Waals surface area contributed by atoms with Crippen molar-refractivity contribution in [1.29, 1.82) is 0 Å². The highest BCUT2D eigenvalue weighted by atomic mass is 127. The molecule has 1 fully saturated rings. The molecule has 0 saturated carbocycles. The number of guanidine groups is 1. The second-order valence-corrected chi connectivity index (χ2v) is 7.00. The summed E-state index contributed by atoms with van der Waals surface area (Å²) in [5, 5.41) is 3.49. The van der Waals surface area contributed by atoms with E-state index in [2.05, 4.69) is 50.3 Å². The summed E-state index contributed by atoms with van der Waals surface area (Å²) in [5.74, 6) is 1.62. The fourth-order valence-electron chi connectivity index (χ4n) is 3.52. The van der Waals surface area contributed by atoms with Gasteiger partial charge in [-0.1, -0.05) is 43.2 Å². The molecule has 5 nitrogen and oxygen atoms in total. The number of rotatable bonds is 9. The number of halogens is 1. The van der Waals surface area contributed by atoms with Crippen molar-refractivity contribution < 1.29 is 9.53 Å². The smallest absolute Gasteiger partial charge is 0.305 e. The van der Waals surface area contributed by atoms with Crippen molar-refractivity contribution in [3.8, 4) is 0 Å². The van der Waals surface area contributed by atoms with E-state index >= 15 is 0 Å². The normalized spacial score (nSPS) is 16.7. The lowest BCUT2D eigenvalue weighted by atomic mass is 9.99. The second-order valence-electron chi connectivity index (χ2n) is 7.00. The van der Waals surface area contributed by atoms with Crippen LogP contribution in [0, 0.1) is 5.92 Å². The number of likely N-dealkylation sites (tertiary alicyclic amines) is 1. The molecule has 0 bridgehead atoms. The summed E-state index contributed by atoms with van der Waals surface area (Å²) >= 11 is 0. The summed E-state index contributed by atoms with van der Waals surface area (Å²) in [4.78, 5) is 17.9. The van der Waals surface area contributed by atoms with Gasteiger partial charge in [0.1, 0.15) is 0 Å². The Balaban J connectivity index is 0.00000364. The number of benzene rings is 1. The number of nitrogens with zero attached hydrogens (tertiary/aromatic N) is 2. The molecule has 1 aliphatic heterocycles. The first-order valence-electron chi connectivity index (χ1n) is 9.79. The van der Waals surface area contributed by atoms with Crippen LogP contribution in [0.2, 0.25) is 0 Å². The van der Waals surface area contributed by atoms with Gasteiger partial charge in [0, 0.05) is 33.1 Å². The molecule has 1 aromatic rings. The number of hydrogen-bond donors (Lipinski definition) is 1. The van der Waals surface area contributed by atoms with Crippen molar-refractivity contribution in [3.63, 3.8) is 0 Å². The van der Waals surface area contributed by atoms with Crippen LogP contribution in [0.3, 0.4) is 0 Å². The zero-order valence-electron chi connectivity index (χ0n) is 16.7. The van der Waals surface area contributed by atoms with Crippen molar-refractivity contribution in [2.45, 2.75) is 44.9 Å². The van der Waals surface area contributed by atoms with E-state index in [4.69, 9.17) is 0 Å². The Morgan fingerprint density at radius 3 is 2.67 bits per heavy atom. The second kappa shape index (κ2) is 13.8. The van der Waals surface area contributed by atoms with Gasteiger partial charge >= 0.3 is 5.97 Å². The molecular formula is C21H34IN3O2. The first-order chi connectivity index (χ1) is 12.7. The molecule has 0 aliphatic carbocycles. The molecule has 1 aromatic carbocycles. The molecular weight excluding hydrogens is 453 g/mol. The van der Waals surface area contributed by atoms with Crippen LogP contribution < -0.4 is 5.32 Å². The van der Waals surface area contributed by atoms with E-state index in [1.54, 1.807) is 0 Å². The quantitative estimate of drug-likeness (QED) is 0.189. The van der Waals surface area contributed by atoms with Gasteiger partial charge in [0.15, 0.2) is 5.96 Å². The third-order valence-corrected chi connectivity index (χ3v) is 4.98. The molecule has 2 rings (SSSR count). The number of methoxy groups -OCH3 is 1. The average Bonchev–Trinajstić information content (AvgIpc) is 3.12. The first-order valence-corrected chi connectivity index (χ1v) is 9.79. The highest BCUT2D eigenvalue weighted by Crippen LogP contribution is 2.20. The van der Waals surface area contributed by atoms with Gasteiger partial charge in [-0.25, -0.2) is 0 Å². The SMILES string of the molecule is CN=C(NCCCCCCC(=O)OC)N1CCC(Cc2ccccc2)C1.I. The van der Waals surface area contributed by atoms with Crippen LogP contribution in [0.4, 0.5) is 0 Å². The number of carbonyl (C=O) groups excluding carboxylic acids is 1. The van der Waals surface area contributed by atoms with Crippen molar-refractivity contribution >= 4 is 35.9 Å². The molecule has 1 aliphatic rings. The van der Waals surface area contributed by atoms with Gasteiger partial charge < -0.3 is 15.0 Å². The van der Waals surface area contributed by atoms with Gasteiger partial charge in [0.25, 0.3) is 0 Å². The summed E-state index contributed by atoms with van der Waals surface area (Å²) in [6.07, 6.45) is 7.10. The topological polar surface area (TPSA) is 53.9 Å². The highest BCUT2D eigenvalue weighted by molar-refractivity contribution is 14.0. The Morgan fingerprint density at radius 2 is 1.96 bits per heavy atom. The van der Waals surface area contributed by atoms with Gasteiger partial charge in [0.2, 0.25) is 0 Å². The highest BCUT2D eigenvalue weighted by Gasteiger charge is 2.24. The maximum absolute atomic E-state index is 11.1. The van der Waals surface area contributed by atoms with Gasteiger partial charge in [-0.3, -0.25) is 9.79 Å². The Kier molecular flexibility index (Phi) is 12.1. The summed E-state index contributed by atoms with van der Waals surface area (Å²) in [7, 11) is 3.31. The Labute approximate surface area is 181 Å². The fraction of sp³-hybridized carbons (Fsp3) is 0.619. The van der Waals surface area contributed by atoms with Crippen LogP contribution >= 0.6 is 24.0 Å². The number of carbonyl (C=O) groups is 1. The van der Waals surface area contributed by atoms with E-state index in [0.717, 1.165) is 57.7 Å². The molecule has 1 atom stereocenters. The van der Waals surface area contributed by atoms with Crippen LogP contribution in [-0.2, 0) is 16.0 Å². The van der Waals surface area contributed by atoms with E-state index < -0.39 is 0 Å². The van der Waals surface area contributed by atoms with Gasteiger partial charge in [-0.2, -0.15) is 0 Å². The zero-order chi connectivity index (χ0) is 18.6. The molecule has 27 heavy (non-hydrogen) atoms. The summed E-state index contributed by atoms with van der Waals surface area (Å²) in [6.45, 7) is 3.09. The molecule has 1 unspecified atom stereocenters. The minimum Gasteiger partial charge on any atom is -0.469 e. The number of nitrogens with one attached hydrogen (secondary N) is 1. The van der Waals surface area contributed by atoms with Crippen LogP contribution in [0.25, 0.3) is 0 Å². The molecule has 0 radical (unpaired) electrons. The molecule has 1 heterocycles. The first kappa shape index (κ1) is 23.7. The van der Waals surface area contributed by atoms with E-state index in [-0.39, 0.29) is 29.9 Å². The molecule has 0 amide bonds. The van der Waals surface area contributed by atoms with Crippen molar-refractivity contribution in [2.24, 2.45) is 10.9 Å². The van der Waals surface area contributed by atoms with Crippen LogP contribution in [0.5, 0.6) is 0 Å². The van der Waals surface area contributed by atoms with E-state index in [1.807, 2.05) is 7.05 Å². The molecule has 0 spiro atoms. The summed E-state index contributed by atoms with van der Waals surface area (Å²) < 4.78 is 4.65. The molecule has 1 N–H and O–H groups in total. The van der Waals surface area contributed by atoms with Crippen molar-refractivity contribution in [2.75, 3.05) is 33.8 Å². The lowest BCUT2D eigenvalue weighted by Crippen LogP contribution is -2.40. The number of esters is 1. The predicted molar refractivity (Wildman–Crippen MR) is 122 cm³/mol. The van der Waals surface area contributed by atoms with E-state index in [9.17, 15) is 4.79 Å². The maximum atomic E-state index is 11.1. The summed E-state index contributed by atoms with van der Waals surface area (Å²) in [5.41, 5.74) is 1.43. The average molecular weight is 487 g/mol. The van der Waals surface area contributed by atoms with Crippen molar-refractivity contribution in [1.82, 2.24) is 10.2 Å². The molecule has 6 heteroatoms. The zero-order valence-corrected chi connectivity index (χ0v) is 19.0.